The van der Waals surface area contributed by atoms with E-state index < -0.39 is 14.9 Å². The van der Waals surface area contributed by atoms with Crippen molar-refractivity contribution in [3.8, 4) is 0 Å². The number of carbonyl (C=O) groups is 1. The first-order valence-corrected chi connectivity index (χ1v) is 17.5. The zero-order valence-corrected chi connectivity index (χ0v) is 27.5. The monoisotopic (exact) mass is 619 g/mol. The molecule has 3 unspecified atom stereocenters. The van der Waals surface area contributed by atoms with Gasteiger partial charge in [-0.05, 0) is 100 Å². The van der Waals surface area contributed by atoms with E-state index in [0.717, 1.165) is 31.4 Å². The van der Waals surface area contributed by atoms with E-state index in [1.54, 1.807) is 25.2 Å². The van der Waals surface area contributed by atoms with Crippen LogP contribution in [0.4, 0.5) is 5.69 Å². The number of benzene rings is 2. The summed E-state index contributed by atoms with van der Waals surface area (Å²) in [6.45, 7) is 10.2. The van der Waals surface area contributed by atoms with Crippen LogP contribution in [0.3, 0.4) is 0 Å². The zero-order chi connectivity index (χ0) is 31.7. The van der Waals surface area contributed by atoms with Crippen molar-refractivity contribution in [1.82, 2.24) is 9.88 Å². The molecule has 2 aromatic carbocycles. The second kappa shape index (κ2) is 15.2. The molecule has 2 aliphatic rings. The predicted octanol–water partition coefficient (Wildman–Crippen LogP) is 7.50. The van der Waals surface area contributed by atoms with E-state index in [0.29, 0.717) is 12.5 Å². The third-order valence-electron chi connectivity index (χ3n) is 9.09. The maximum Gasteiger partial charge on any atom is 0.274 e. The lowest BCUT2D eigenvalue weighted by Crippen LogP contribution is -2.40. The normalized spacial score (nSPS) is 21.1. The first-order chi connectivity index (χ1) is 21.1. The Bertz CT molecular complexity index is 1550. The van der Waals surface area contributed by atoms with Crippen molar-refractivity contribution in [2.45, 2.75) is 89.9 Å². The fourth-order valence-corrected chi connectivity index (χ4v) is 7.10. The molecule has 0 aliphatic heterocycles. The number of anilines is 1. The molecule has 2 aliphatic carbocycles. The summed E-state index contributed by atoms with van der Waals surface area (Å²) < 4.78 is 29.8. The number of nitrogens with one attached hydrogen (secondary N) is 2. The molecule has 0 radical (unpaired) electrons. The van der Waals surface area contributed by atoms with Crippen LogP contribution in [0.15, 0.2) is 72.8 Å². The molecule has 7 nitrogen and oxygen atoms in total. The van der Waals surface area contributed by atoms with E-state index in [-0.39, 0.29) is 11.8 Å². The Hall–Kier alpha value is -3.20. The minimum Gasteiger partial charge on any atom is -0.358 e. The molecule has 0 bridgehead atoms. The molecule has 0 saturated heterocycles. The lowest BCUT2D eigenvalue weighted by atomic mass is 9.90. The molecule has 3 N–H and O–H groups in total. The molecule has 0 fully saturated rings. The minimum atomic E-state index is -4.01. The van der Waals surface area contributed by atoms with Gasteiger partial charge in [0.05, 0.1) is 0 Å². The topological polar surface area (TPSA) is 102 Å². The third-order valence-corrected chi connectivity index (χ3v) is 10.7. The number of hydrogen-bond donors (Lipinski definition) is 3. The summed E-state index contributed by atoms with van der Waals surface area (Å²) in [5.74, 6) is -0.0999. The van der Waals surface area contributed by atoms with Gasteiger partial charge in [0.25, 0.3) is 10.1 Å². The zero-order valence-electron chi connectivity index (χ0n) is 26.7. The van der Waals surface area contributed by atoms with Crippen LogP contribution in [0.2, 0.25) is 0 Å². The van der Waals surface area contributed by atoms with Gasteiger partial charge in [-0.2, -0.15) is 8.42 Å². The number of rotatable bonds is 11. The number of aromatic nitrogens is 1. The predicted molar refractivity (Wildman–Crippen MR) is 182 cm³/mol. The highest BCUT2D eigenvalue weighted by Gasteiger charge is 2.40. The van der Waals surface area contributed by atoms with Crippen LogP contribution in [-0.4, -0.2) is 52.6 Å². The average Bonchev–Trinajstić information content (AvgIpc) is 3.36. The largest absolute Gasteiger partial charge is 0.358 e. The van der Waals surface area contributed by atoms with E-state index in [2.05, 4.69) is 65.4 Å². The highest BCUT2D eigenvalue weighted by atomic mass is 32.2. The van der Waals surface area contributed by atoms with E-state index in [1.165, 1.54) is 73.1 Å². The van der Waals surface area contributed by atoms with Gasteiger partial charge in [0.2, 0.25) is 5.91 Å². The van der Waals surface area contributed by atoms with Gasteiger partial charge in [0.1, 0.15) is 4.75 Å². The van der Waals surface area contributed by atoms with Gasteiger partial charge < -0.3 is 15.2 Å². The highest BCUT2D eigenvalue weighted by Crippen LogP contribution is 2.33. The second-order valence-corrected chi connectivity index (χ2v) is 14.2. The Morgan fingerprint density at radius 1 is 1.09 bits per heavy atom. The summed E-state index contributed by atoms with van der Waals surface area (Å²) in [4.78, 5) is 18.8. The number of aromatic amines is 1. The summed E-state index contributed by atoms with van der Waals surface area (Å²) in [6, 6.07) is 17.3. The summed E-state index contributed by atoms with van der Waals surface area (Å²) in [5.41, 5.74) is 6.22. The van der Waals surface area contributed by atoms with Crippen molar-refractivity contribution in [1.29, 1.82) is 0 Å². The molecule has 1 aromatic heterocycles. The summed E-state index contributed by atoms with van der Waals surface area (Å²) in [6.07, 6.45) is 14.9. The van der Waals surface area contributed by atoms with Crippen LogP contribution in [0.5, 0.6) is 0 Å². The fraction of sp³-hybridized carbons (Fsp3) is 0.472. The maximum absolute atomic E-state index is 12.5. The lowest BCUT2D eigenvalue weighted by Gasteiger charge is -2.34. The smallest absolute Gasteiger partial charge is 0.274 e. The number of carbonyl (C=O) groups excluding carboxylic acids is 1. The highest BCUT2D eigenvalue weighted by molar-refractivity contribution is 7.87. The first-order valence-electron chi connectivity index (χ1n) is 16.1. The molecule has 3 atom stereocenters. The van der Waals surface area contributed by atoms with Crippen molar-refractivity contribution in [2.24, 2.45) is 5.92 Å². The maximum atomic E-state index is 12.5. The standard InChI is InChI=1S/C28H37N3O.C8H12O3S/c1-3-17-31(18-4-2)23-14-16-27-25(20-23)24-19-22(13-15-26(24)30-27)29-28(32)12-8-11-21-9-6-5-7-10-21;1-7-5-3-4-6-8(7,2)12(9,10)11/h5-7,9-10,13,15,19,23,30H,3-4,8,11-12,14,16-18,20H2,1-2H3,(H,29,32);3-7H,1-2H3,(H,9,10,11). The minimum absolute atomic E-state index is 0.0969. The first kappa shape index (κ1) is 33.7. The molecule has 0 spiro atoms. The van der Waals surface area contributed by atoms with Crippen LogP contribution in [0.1, 0.15) is 76.6 Å². The molecule has 1 amide bonds. The van der Waals surface area contributed by atoms with Gasteiger partial charge in [-0.25, -0.2) is 0 Å². The molecule has 238 valence electrons. The Balaban J connectivity index is 0.000000309. The van der Waals surface area contributed by atoms with Crippen molar-refractivity contribution >= 4 is 32.6 Å². The van der Waals surface area contributed by atoms with Crippen molar-refractivity contribution in [3.63, 3.8) is 0 Å². The van der Waals surface area contributed by atoms with Gasteiger partial charge >= 0.3 is 0 Å². The lowest BCUT2D eigenvalue weighted by molar-refractivity contribution is -0.116. The van der Waals surface area contributed by atoms with E-state index >= 15 is 0 Å². The van der Waals surface area contributed by atoms with Gasteiger partial charge in [-0.3, -0.25) is 9.35 Å². The molecule has 1 heterocycles. The quantitative estimate of drug-likeness (QED) is 0.193. The summed E-state index contributed by atoms with van der Waals surface area (Å²) in [7, 11) is -4.01. The molecule has 3 aromatic rings. The molecular weight excluding hydrogens is 570 g/mol. The Labute approximate surface area is 263 Å². The van der Waals surface area contributed by atoms with Crippen molar-refractivity contribution < 1.29 is 17.8 Å². The Morgan fingerprint density at radius 2 is 1.82 bits per heavy atom. The summed E-state index contributed by atoms with van der Waals surface area (Å²) >= 11 is 0. The number of H-pyrrole nitrogens is 1. The molecule has 5 rings (SSSR count). The average molecular weight is 620 g/mol. The van der Waals surface area contributed by atoms with E-state index in [9.17, 15) is 13.2 Å². The number of fused-ring (bicyclic) bond motifs is 3. The number of nitrogens with zero attached hydrogens (tertiary/aromatic N) is 1. The van der Waals surface area contributed by atoms with Crippen LogP contribution < -0.4 is 5.32 Å². The SMILES string of the molecule is CC1C=CC=CC1(C)S(=O)(=O)O.CCCN(CCC)C1CCc2[nH]c3ccc(NC(=O)CCCc4ccccc4)cc3c2C1. The van der Waals surface area contributed by atoms with E-state index in [4.69, 9.17) is 4.55 Å². The molecule has 8 heteroatoms. The molecule has 0 saturated carbocycles. The number of amides is 1. The van der Waals surface area contributed by atoms with E-state index in [1.807, 2.05) is 12.1 Å². The van der Waals surface area contributed by atoms with Crippen LogP contribution >= 0.6 is 0 Å². The fourth-order valence-electron chi connectivity index (χ4n) is 6.30. The van der Waals surface area contributed by atoms with Gasteiger partial charge in [0.15, 0.2) is 0 Å². The van der Waals surface area contributed by atoms with Crippen LogP contribution in [0, 0.1) is 5.92 Å². The van der Waals surface area contributed by atoms with Crippen LogP contribution in [-0.2, 0) is 34.2 Å². The Kier molecular flexibility index (Phi) is 11.6. The van der Waals surface area contributed by atoms with Crippen LogP contribution in [0.25, 0.3) is 10.9 Å². The van der Waals surface area contributed by atoms with Gasteiger partial charge in [-0.15, -0.1) is 0 Å². The van der Waals surface area contributed by atoms with Crippen molar-refractivity contribution in [3.05, 3.63) is 89.7 Å². The molecule has 44 heavy (non-hydrogen) atoms. The van der Waals surface area contributed by atoms with Gasteiger partial charge in [0, 0.05) is 34.7 Å². The number of aryl methyl sites for hydroxylation is 2. The Morgan fingerprint density at radius 3 is 2.45 bits per heavy atom. The number of allylic oxidation sites excluding steroid dienone is 3. The third kappa shape index (κ3) is 8.29. The number of hydrogen-bond acceptors (Lipinski definition) is 4. The summed E-state index contributed by atoms with van der Waals surface area (Å²) in [5, 5.41) is 4.41. The second-order valence-electron chi connectivity index (χ2n) is 12.4. The van der Waals surface area contributed by atoms with Gasteiger partial charge in [-0.1, -0.05) is 75.4 Å². The molecular formula is C36H49N3O4S. The van der Waals surface area contributed by atoms with Crippen molar-refractivity contribution in [2.75, 3.05) is 18.4 Å².